The Balaban J connectivity index is 2.11. The number of benzene rings is 1. The molecule has 1 aromatic carbocycles. The lowest BCUT2D eigenvalue weighted by atomic mass is 10.0. The highest BCUT2D eigenvalue weighted by Crippen LogP contribution is 2.27. The van der Waals surface area contributed by atoms with Gasteiger partial charge in [-0.3, -0.25) is 4.90 Å². The molecule has 0 spiro atoms. The third kappa shape index (κ3) is 2.56. The first-order valence-electron chi connectivity index (χ1n) is 6.37. The van der Waals surface area contributed by atoms with E-state index in [9.17, 15) is 0 Å². The van der Waals surface area contributed by atoms with Crippen molar-refractivity contribution in [1.82, 2.24) is 4.90 Å². The molecule has 2 rings (SSSR count). The molecule has 88 valence electrons. The van der Waals surface area contributed by atoms with Gasteiger partial charge in [-0.2, -0.15) is 0 Å². The molecule has 1 saturated heterocycles. The van der Waals surface area contributed by atoms with Gasteiger partial charge in [-0.15, -0.1) is 0 Å². The second-order valence-corrected chi connectivity index (χ2v) is 4.76. The van der Waals surface area contributed by atoms with Crippen LogP contribution in [0.25, 0.3) is 0 Å². The van der Waals surface area contributed by atoms with Crippen molar-refractivity contribution in [2.45, 2.75) is 38.6 Å². The summed E-state index contributed by atoms with van der Waals surface area (Å²) >= 11 is 0. The van der Waals surface area contributed by atoms with Gasteiger partial charge in [-0.05, 0) is 44.5 Å². The SMILES string of the molecule is CC(c1ccccc1N)N1CCCCCC1. The van der Waals surface area contributed by atoms with Crippen LogP contribution in [-0.2, 0) is 0 Å². The molecule has 2 nitrogen and oxygen atoms in total. The van der Waals surface area contributed by atoms with Crippen LogP contribution < -0.4 is 5.73 Å². The fraction of sp³-hybridized carbons (Fsp3) is 0.571. The fourth-order valence-electron chi connectivity index (χ4n) is 2.57. The van der Waals surface area contributed by atoms with Gasteiger partial charge >= 0.3 is 0 Å². The van der Waals surface area contributed by atoms with Gasteiger partial charge in [-0.25, -0.2) is 0 Å². The van der Waals surface area contributed by atoms with Gasteiger partial charge in [0.25, 0.3) is 0 Å². The van der Waals surface area contributed by atoms with Gasteiger partial charge in [0.1, 0.15) is 0 Å². The summed E-state index contributed by atoms with van der Waals surface area (Å²) in [7, 11) is 0. The molecular formula is C14H22N2. The van der Waals surface area contributed by atoms with E-state index in [2.05, 4.69) is 24.0 Å². The van der Waals surface area contributed by atoms with Crippen LogP contribution >= 0.6 is 0 Å². The third-order valence-corrected chi connectivity index (χ3v) is 3.63. The van der Waals surface area contributed by atoms with Crippen LogP contribution in [0.3, 0.4) is 0 Å². The van der Waals surface area contributed by atoms with Crippen LogP contribution in [0.1, 0.15) is 44.2 Å². The summed E-state index contributed by atoms with van der Waals surface area (Å²) in [4.78, 5) is 2.57. The smallest absolute Gasteiger partial charge is 0.0362 e. The number of rotatable bonds is 2. The van der Waals surface area contributed by atoms with E-state index in [4.69, 9.17) is 5.73 Å². The van der Waals surface area contributed by atoms with Crippen molar-refractivity contribution in [1.29, 1.82) is 0 Å². The Kier molecular flexibility index (Phi) is 3.83. The Morgan fingerprint density at radius 3 is 2.31 bits per heavy atom. The van der Waals surface area contributed by atoms with Crippen molar-refractivity contribution in [2.24, 2.45) is 0 Å². The van der Waals surface area contributed by atoms with Crippen LogP contribution in [0.5, 0.6) is 0 Å². The van der Waals surface area contributed by atoms with Gasteiger partial charge < -0.3 is 5.73 Å². The van der Waals surface area contributed by atoms with Crippen LogP contribution in [0.2, 0.25) is 0 Å². The number of nitrogens with zero attached hydrogens (tertiary/aromatic N) is 1. The fourth-order valence-corrected chi connectivity index (χ4v) is 2.57. The molecule has 1 aliphatic heterocycles. The summed E-state index contributed by atoms with van der Waals surface area (Å²) in [6.45, 7) is 4.71. The second kappa shape index (κ2) is 5.35. The summed E-state index contributed by atoms with van der Waals surface area (Å²) in [6.07, 6.45) is 5.43. The van der Waals surface area contributed by atoms with Crippen LogP contribution in [-0.4, -0.2) is 18.0 Å². The van der Waals surface area contributed by atoms with Gasteiger partial charge in [0, 0.05) is 11.7 Å². The Morgan fingerprint density at radius 1 is 1.06 bits per heavy atom. The molecule has 1 unspecified atom stereocenters. The molecule has 1 atom stereocenters. The predicted molar refractivity (Wildman–Crippen MR) is 69.3 cm³/mol. The second-order valence-electron chi connectivity index (χ2n) is 4.76. The Morgan fingerprint density at radius 2 is 1.69 bits per heavy atom. The maximum absolute atomic E-state index is 6.04. The Labute approximate surface area is 98.4 Å². The summed E-state index contributed by atoms with van der Waals surface area (Å²) < 4.78 is 0. The first kappa shape index (κ1) is 11.5. The maximum atomic E-state index is 6.04. The van der Waals surface area contributed by atoms with Crippen molar-refractivity contribution in [2.75, 3.05) is 18.8 Å². The zero-order valence-electron chi connectivity index (χ0n) is 10.2. The largest absolute Gasteiger partial charge is 0.398 e. The van der Waals surface area contributed by atoms with E-state index >= 15 is 0 Å². The standard InChI is InChI=1S/C14H22N2/c1-12(13-8-4-5-9-14(13)15)16-10-6-2-3-7-11-16/h4-5,8-9,12H,2-3,6-7,10-11,15H2,1H3. The lowest BCUT2D eigenvalue weighted by molar-refractivity contribution is 0.220. The number of nitrogens with two attached hydrogens (primary N) is 1. The number of hydrogen-bond acceptors (Lipinski definition) is 2. The van der Waals surface area contributed by atoms with E-state index in [1.807, 2.05) is 12.1 Å². The molecule has 16 heavy (non-hydrogen) atoms. The van der Waals surface area contributed by atoms with Gasteiger partial charge in [0.2, 0.25) is 0 Å². The van der Waals surface area contributed by atoms with Crippen molar-refractivity contribution in [3.8, 4) is 0 Å². The summed E-state index contributed by atoms with van der Waals surface area (Å²) in [5, 5.41) is 0. The van der Waals surface area contributed by atoms with Crippen LogP contribution in [0, 0.1) is 0 Å². The molecule has 0 saturated carbocycles. The van der Waals surface area contributed by atoms with E-state index in [0.29, 0.717) is 6.04 Å². The first-order chi connectivity index (χ1) is 7.79. The van der Waals surface area contributed by atoms with Crippen molar-refractivity contribution >= 4 is 5.69 Å². The molecule has 0 aliphatic carbocycles. The molecule has 2 N–H and O–H groups in total. The Hall–Kier alpha value is -1.02. The molecule has 1 aliphatic rings. The van der Waals surface area contributed by atoms with Gasteiger partial charge in [0.15, 0.2) is 0 Å². The molecule has 0 aromatic heterocycles. The highest BCUT2D eigenvalue weighted by Gasteiger charge is 2.18. The molecule has 1 aromatic rings. The lowest BCUT2D eigenvalue weighted by Gasteiger charge is -2.28. The van der Waals surface area contributed by atoms with E-state index in [1.165, 1.54) is 44.3 Å². The summed E-state index contributed by atoms with van der Waals surface area (Å²) in [6, 6.07) is 8.71. The van der Waals surface area contributed by atoms with E-state index in [1.54, 1.807) is 0 Å². The molecule has 0 amide bonds. The number of likely N-dealkylation sites (tertiary alicyclic amines) is 1. The minimum absolute atomic E-state index is 0.458. The molecule has 1 heterocycles. The average molecular weight is 218 g/mol. The van der Waals surface area contributed by atoms with E-state index in [0.717, 1.165) is 5.69 Å². The number of anilines is 1. The predicted octanol–water partition coefficient (Wildman–Crippen LogP) is 3.21. The number of nitrogen functional groups attached to an aromatic ring is 1. The quantitative estimate of drug-likeness (QED) is 0.772. The van der Waals surface area contributed by atoms with Gasteiger partial charge in [-0.1, -0.05) is 31.0 Å². The molecule has 2 heteroatoms. The molecule has 0 radical (unpaired) electrons. The van der Waals surface area contributed by atoms with E-state index < -0.39 is 0 Å². The summed E-state index contributed by atoms with van der Waals surface area (Å²) in [5.41, 5.74) is 8.25. The first-order valence-corrected chi connectivity index (χ1v) is 6.37. The molecule has 1 fully saturated rings. The zero-order chi connectivity index (χ0) is 11.4. The molecule has 0 bridgehead atoms. The van der Waals surface area contributed by atoms with E-state index in [-0.39, 0.29) is 0 Å². The topological polar surface area (TPSA) is 29.3 Å². The maximum Gasteiger partial charge on any atom is 0.0362 e. The summed E-state index contributed by atoms with van der Waals surface area (Å²) in [5.74, 6) is 0. The van der Waals surface area contributed by atoms with Crippen LogP contribution in [0.4, 0.5) is 5.69 Å². The third-order valence-electron chi connectivity index (χ3n) is 3.63. The highest BCUT2D eigenvalue weighted by atomic mass is 15.1. The van der Waals surface area contributed by atoms with Crippen molar-refractivity contribution in [3.05, 3.63) is 29.8 Å². The van der Waals surface area contributed by atoms with Crippen LogP contribution in [0.15, 0.2) is 24.3 Å². The normalized spacial score (nSPS) is 20.3. The lowest BCUT2D eigenvalue weighted by Crippen LogP contribution is -2.28. The number of hydrogen-bond donors (Lipinski definition) is 1. The average Bonchev–Trinajstić information content (AvgIpc) is 2.57. The Bertz CT molecular complexity index is 327. The highest BCUT2D eigenvalue weighted by molar-refractivity contribution is 5.47. The molecular weight excluding hydrogens is 196 g/mol. The number of para-hydroxylation sites is 1. The monoisotopic (exact) mass is 218 g/mol. The van der Waals surface area contributed by atoms with Crippen molar-refractivity contribution < 1.29 is 0 Å². The minimum Gasteiger partial charge on any atom is -0.398 e. The van der Waals surface area contributed by atoms with Crippen molar-refractivity contribution in [3.63, 3.8) is 0 Å². The van der Waals surface area contributed by atoms with Gasteiger partial charge in [0.05, 0.1) is 0 Å². The zero-order valence-corrected chi connectivity index (χ0v) is 10.2. The minimum atomic E-state index is 0.458.